The number of amides is 1. The van der Waals surface area contributed by atoms with E-state index in [0.717, 1.165) is 15.8 Å². The fourth-order valence-electron chi connectivity index (χ4n) is 4.29. The quantitative estimate of drug-likeness (QED) is 0.209. The number of aromatic nitrogens is 1. The van der Waals surface area contributed by atoms with Gasteiger partial charge in [-0.15, -0.1) is 0 Å². The highest BCUT2D eigenvalue weighted by atomic mass is 32.1. The Kier molecular flexibility index (Phi) is 6.20. The van der Waals surface area contributed by atoms with Gasteiger partial charge in [0.05, 0.1) is 35.5 Å². The van der Waals surface area contributed by atoms with Crippen LogP contribution in [0.25, 0.3) is 16.0 Å². The molecular formula is C28H24N2O5S. The van der Waals surface area contributed by atoms with Crippen LogP contribution in [0.4, 0.5) is 5.13 Å². The zero-order chi connectivity index (χ0) is 25.4. The third-order valence-corrected chi connectivity index (χ3v) is 7.07. The highest BCUT2D eigenvalue weighted by Gasteiger charge is 2.48. The zero-order valence-corrected chi connectivity index (χ0v) is 20.8. The smallest absolute Gasteiger partial charge is 0.301 e. The number of fused-ring (bicyclic) bond motifs is 1. The SMILES string of the molecule is CCOc1ccc(C(O)=C2C(=O)C(=O)N(c3nc4ccc(C)cc4s3)[C@@H]2c2ccc(OC)cc2)cc1. The number of rotatable bonds is 6. The molecular weight excluding hydrogens is 476 g/mol. The van der Waals surface area contributed by atoms with Crippen molar-refractivity contribution in [1.29, 1.82) is 0 Å². The third kappa shape index (κ3) is 4.09. The Balaban J connectivity index is 1.68. The molecule has 182 valence electrons. The van der Waals surface area contributed by atoms with E-state index in [2.05, 4.69) is 4.98 Å². The summed E-state index contributed by atoms with van der Waals surface area (Å²) in [6, 6.07) is 18.8. The van der Waals surface area contributed by atoms with Crippen molar-refractivity contribution < 1.29 is 24.2 Å². The number of ketones is 1. The summed E-state index contributed by atoms with van der Waals surface area (Å²) < 4.78 is 11.7. The van der Waals surface area contributed by atoms with Gasteiger partial charge in [-0.3, -0.25) is 14.5 Å². The molecule has 1 aliphatic heterocycles. The van der Waals surface area contributed by atoms with Crippen LogP contribution < -0.4 is 14.4 Å². The Labute approximate surface area is 212 Å². The van der Waals surface area contributed by atoms with Crippen LogP contribution in [0.15, 0.2) is 72.3 Å². The highest BCUT2D eigenvalue weighted by molar-refractivity contribution is 7.22. The minimum atomic E-state index is -0.857. The van der Waals surface area contributed by atoms with Gasteiger partial charge in [0, 0.05) is 5.56 Å². The van der Waals surface area contributed by atoms with E-state index >= 15 is 0 Å². The van der Waals surface area contributed by atoms with E-state index in [4.69, 9.17) is 9.47 Å². The Hall–Kier alpha value is -4.17. The molecule has 1 aromatic heterocycles. The molecule has 7 nitrogen and oxygen atoms in total. The van der Waals surface area contributed by atoms with E-state index in [9.17, 15) is 14.7 Å². The van der Waals surface area contributed by atoms with Gasteiger partial charge in [-0.25, -0.2) is 4.98 Å². The predicted molar refractivity (Wildman–Crippen MR) is 140 cm³/mol. The van der Waals surface area contributed by atoms with E-state index in [1.54, 1.807) is 55.6 Å². The lowest BCUT2D eigenvalue weighted by Crippen LogP contribution is -2.29. The number of thiazole rings is 1. The maximum Gasteiger partial charge on any atom is 0.301 e. The number of hydrogen-bond donors (Lipinski definition) is 1. The molecule has 1 atom stereocenters. The van der Waals surface area contributed by atoms with E-state index in [1.807, 2.05) is 32.0 Å². The summed E-state index contributed by atoms with van der Waals surface area (Å²) in [7, 11) is 1.57. The first-order chi connectivity index (χ1) is 17.4. The average Bonchev–Trinajstić information content (AvgIpc) is 3.42. The molecule has 2 heterocycles. The van der Waals surface area contributed by atoms with Crippen molar-refractivity contribution in [2.24, 2.45) is 0 Å². The van der Waals surface area contributed by atoms with Gasteiger partial charge in [-0.2, -0.15) is 0 Å². The topological polar surface area (TPSA) is 89.0 Å². The second-order valence-corrected chi connectivity index (χ2v) is 9.38. The summed E-state index contributed by atoms with van der Waals surface area (Å²) in [5.74, 6) is -0.475. The van der Waals surface area contributed by atoms with Crippen molar-refractivity contribution in [1.82, 2.24) is 4.98 Å². The number of carbonyl (C=O) groups is 2. The summed E-state index contributed by atoms with van der Waals surface area (Å²) in [6.45, 7) is 4.38. The van der Waals surface area contributed by atoms with E-state index in [1.165, 1.54) is 16.2 Å². The van der Waals surface area contributed by atoms with Crippen LogP contribution in [-0.4, -0.2) is 35.5 Å². The van der Waals surface area contributed by atoms with Gasteiger partial charge in [0.25, 0.3) is 5.78 Å². The number of nitrogens with zero attached hydrogens (tertiary/aromatic N) is 2. The molecule has 0 spiro atoms. The average molecular weight is 501 g/mol. The lowest BCUT2D eigenvalue weighted by Gasteiger charge is -2.23. The maximum absolute atomic E-state index is 13.4. The van der Waals surface area contributed by atoms with Gasteiger partial charge in [0.1, 0.15) is 17.3 Å². The number of anilines is 1. The van der Waals surface area contributed by atoms with Gasteiger partial charge in [0.2, 0.25) is 0 Å². The number of methoxy groups -OCH3 is 1. The van der Waals surface area contributed by atoms with Gasteiger partial charge in [-0.05, 0) is 73.5 Å². The summed E-state index contributed by atoms with van der Waals surface area (Å²) in [6.07, 6.45) is 0. The number of carbonyl (C=O) groups excluding carboxylic acids is 2. The molecule has 5 rings (SSSR count). The van der Waals surface area contributed by atoms with Crippen LogP contribution >= 0.6 is 11.3 Å². The van der Waals surface area contributed by atoms with Crippen LogP contribution in [0.5, 0.6) is 11.5 Å². The Morgan fingerprint density at radius 1 is 1.03 bits per heavy atom. The summed E-state index contributed by atoms with van der Waals surface area (Å²) in [5.41, 5.74) is 2.88. The first kappa shape index (κ1) is 23.6. The molecule has 36 heavy (non-hydrogen) atoms. The summed E-state index contributed by atoms with van der Waals surface area (Å²) >= 11 is 1.33. The maximum atomic E-state index is 13.4. The van der Waals surface area contributed by atoms with Crippen LogP contribution in [0, 0.1) is 6.92 Å². The number of hydrogen-bond acceptors (Lipinski definition) is 7. The van der Waals surface area contributed by atoms with Crippen molar-refractivity contribution in [3.63, 3.8) is 0 Å². The van der Waals surface area contributed by atoms with E-state index in [-0.39, 0.29) is 11.3 Å². The molecule has 4 aromatic rings. The highest BCUT2D eigenvalue weighted by Crippen LogP contribution is 2.44. The standard InChI is InChI=1S/C28H24N2O5S/c1-4-35-20-12-8-18(9-13-20)25(31)23-24(17-6-10-19(34-3)11-7-17)30(27(33)26(23)32)28-29-21-14-5-16(2)15-22(21)36-28/h5-15,24,31H,4H2,1-3H3/t24-/m1/s1. The third-order valence-electron chi connectivity index (χ3n) is 6.05. The van der Waals surface area contributed by atoms with Crippen molar-refractivity contribution in [2.45, 2.75) is 19.9 Å². The number of aliphatic hydroxyl groups excluding tert-OH is 1. The number of benzene rings is 3. The molecule has 8 heteroatoms. The summed E-state index contributed by atoms with van der Waals surface area (Å²) in [5, 5.41) is 11.7. The molecule has 0 saturated carbocycles. The van der Waals surface area contributed by atoms with Crippen LogP contribution in [-0.2, 0) is 9.59 Å². The second-order valence-electron chi connectivity index (χ2n) is 8.37. The molecule has 1 saturated heterocycles. The largest absolute Gasteiger partial charge is 0.507 e. The number of Topliss-reactive ketones (excluding diaryl/α,β-unsaturated/α-hetero) is 1. The molecule has 1 amide bonds. The van der Waals surface area contributed by atoms with Gasteiger partial charge < -0.3 is 14.6 Å². The molecule has 0 radical (unpaired) electrons. The number of aryl methyl sites for hydroxylation is 1. The van der Waals surface area contributed by atoms with Crippen molar-refractivity contribution >= 4 is 44.1 Å². The lowest BCUT2D eigenvalue weighted by atomic mass is 9.95. The first-order valence-corrected chi connectivity index (χ1v) is 12.3. The Morgan fingerprint density at radius 2 is 1.72 bits per heavy atom. The lowest BCUT2D eigenvalue weighted by molar-refractivity contribution is -0.132. The van der Waals surface area contributed by atoms with E-state index in [0.29, 0.717) is 34.4 Å². The van der Waals surface area contributed by atoms with Crippen molar-refractivity contribution in [3.05, 3.63) is 89.0 Å². The molecule has 3 aromatic carbocycles. The van der Waals surface area contributed by atoms with Crippen LogP contribution in [0.1, 0.15) is 29.7 Å². The monoisotopic (exact) mass is 500 g/mol. The van der Waals surface area contributed by atoms with Gasteiger partial charge in [0.15, 0.2) is 5.13 Å². The Morgan fingerprint density at radius 3 is 2.39 bits per heavy atom. The van der Waals surface area contributed by atoms with Crippen molar-refractivity contribution in [3.8, 4) is 11.5 Å². The number of aliphatic hydroxyl groups is 1. The zero-order valence-electron chi connectivity index (χ0n) is 20.0. The van der Waals surface area contributed by atoms with Gasteiger partial charge >= 0.3 is 5.91 Å². The minimum Gasteiger partial charge on any atom is -0.507 e. The Bertz CT molecular complexity index is 1490. The molecule has 0 unspecified atom stereocenters. The summed E-state index contributed by atoms with van der Waals surface area (Å²) in [4.78, 5) is 32.8. The van der Waals surface area contributed by atoms with Crippen LogP contribution in [0.3, 0.4) is 0 Å². The fraction of sp³-hybridized carbons (Fsp3) is 0.179. The first-order valence-electron chi connectivity index (χ1n) is 11.5. The van der Waals surface area contributed by atoms with Gasteiger partial charge in [-0.1, -0.05) is 29.5 Å². The minimum absolute atomic E-state index is 0.00441. The van der Waals surface area contributed by atoms with Crippen molar-refractivity contribution in [2.75, 3.05) is 18.6 Å². The predicted octanol–water partition coefficient (Wildman–Crippen LogP) is 5.64. The second kappa shape index (κ2) is 9.47. The molecule has 1 fully saturated rings. The molecule has 0 bridgehead atoms. The molecule has 0 aliphatic carbocycles. The number of ether oxygens (including phenoxy) is 2. The molecule has 1 aliphatic rings. The van der Waals surface area contributed by atoms with Crippen LogP contribution in [0.2, 0.25) is 0 Å². The van der Waals surface area contributed by atoms with E-state index < -0.39 is 17.7 Å². The molecule has 1 N–H and O–H groups in total. The fourth-order valence-corrected chi connectivity index (χ4v) is 5.38. The normalized spacial score (nSPS) is 17.1.